The molecule has 0 unspecified atom stereocenters. The Morgan fingerprint density at radius 1 is 0.867 bits per heavy atom. The molecule has 30 heavy (non-hydrogen) atoms. The predicted octanol–water partition coefficient (Wildman–Crippen LogP) is 4.51. The smallest absolute Gasteiger partial charge is 0.313 e. The van der Waals surface area contributed by atoms with Crippen LogP contribution in [0.3, 0.4) is 0 Å². The Morgan fingerprint density at radius 2 is 1.40 bits per heavy atom. The average Bonchev–Trinajstić information content (AvgIpc) is 2.99. The van der Waals surface area contributed by atoms with Crippen molar-refractivity contribution in [3.8, 4) is 11.5 Å². The summed E-state index contributed by atoms with van der Waals surface area (Å²) < 4.78 is 32.6. The van der Waals surface area contributed by atoms with Crippen LogP contribution in [0.4, 0.5) is 11.4 Å². The number of halogens is 1. The summed E-state index contributed by atoms with van der Waals surface area (Å²) in [6.45, 7) is 0.705. The van der Waals surface area contributed by atoms with E-state index in [0.717, 1.165) is 43.9 Å². The number of nitro benzene ring substituents is 2. The zero-order chi connectivity index (χ0) is 21.9. The van der Waals surface area contributed by atoms with E-state index in [9.17, 15) is 28.6 Å². The van der Waals surface area contributed by atoms with Gasteiger partial charge in [0.15, 0.2) is 0 Å². The summed E-state index contributed by atoms with van der Waals surface area (Å²) in [5.41, 5.74) is -1.09. The van der Waals surface area contributed by atoms with E-state index < -0.39 is 31.2 Å². The van der Waals surface area contributed by atoms with E-state index in [2.05, 4.69) is 0 Å². The highest BCUT2D eigenvalue weighted by Gasteiger charge is 2.29. The minimum Gasteiger partial charge on any atom is -0.443 e. The molecule has 1 aliphatic rings. The lowest BCUT2D eigenvalue weighted by Gasteiger charge is -2.20. The van der Waals surface area contributed by atoms with Crippen molar-refractivity contribution in [2.24, 2.45) is 0 Å². The molecule has 12 heteroatoms. The Labute approximate surface area is 177 Å². The molecule has 0 N–H and O–H groups in total. The van der Waals surface area contributed by atoms with Gasteiger partial charge in [-0.1, -0.05) is 24.4 Å². The van der Waals surface area contributed by atoms with E-state index in [-0.39, 0.29) is 21.4 Å². The maximum atomic E-state index is 12.9. The fourth-order valence-electron chi connectivity index (χ4n) is 3.16. The van der Waals surface area contributed by atoms with Gasteiger partial charge in [-0.3, -0.25) is 20.2 Å². The van der Waals surface area contributed by atoms with E-state index in [4.69, 9.17) is 16.3 Å². The second kappa shape index (κ2) is 8.94. The molecule has 0 amide bonds. The highest BCUT2D eigenvalue weighted by atomic mass is 35.5. The first-order chi connectivity index (χ1) is 14.2. The predicted molar refractivity (Wildman–Crippen MR) is 109 cm³/mol. The Morgan fingerprint density at radius 3 is 1.97 bits per heavy atom. The zero-order valence-electron chi connectivity index (χ0n) is 15.7. The first-order valence-electron chi connectivity index (χ1n) is 9.10. The lowest BCUT2D eigenvalue weighted by molar-refractivity contribution is -0.387. The third-order valence-corrected chi connectivity index (χ3v) is 6.80. The van der Waals surface area contributed by atoms with Gasteiger partial charge in [-0.05, 0) is 37.1 Å². The average molecular weight is 456 g/mol. The molecule has 10 nitrogen and oxygen atoms in total. The fraction of sp³-hybridized carbons (Fsp3) is 0.333. The van der Waals surface area contributed by atoms with Crippen LogP contribution in [-0.2, 0) is 10.0 Å². The Balaban J connectivity index is 1.99. The molecule has 1 saturated heterocycles. The van der Waals surface area contributed by atoms with Crippen molar-refractivity contribution < 1.29 is 23.0 Å². The SMILES string of the molecule is O=[N+]([O-])c1cc(Cl)ccc1Oc1ccc(S(=O)(=O)N2CCCCCC2)cc1[N+](=O)[O-]. The molecule has 3 rings (SSSR count). The third kappa shape index (κ3) is 4.69. The van der Waals surface area contributed by atoms with E-state index in [0.29, 0.717) is 13.1 Å². The summed E-state index contributed by atoms with van der Waals surface area (Å²) in [4.78, 5) is 21.0. The summed E-state index contributed by atoms with van der Waals surface area (Å²) >= 11 is 5.76. The molecule has 0 aromatic heterocycles. The van der Waals surface area contributed by atoms with Gasteiger partial charge in [-0.2, -0.15) is 4.31 Å². The van der Waals surface area contributed by atoms with Crippen LogP contribution in [0.15, 0.2) is 41.3 Å². The molecule has 0 bridgehead atoms. The van der Waals surface area contributed by atoms with Crippen LogP contribution in [-0.4, -0.2) is 35.7 Å². The molecule has 2 aromatic rings. The normalized spacial score (nSPS) is 15.4. The molecule has 0 saturated carbocycles. The van der Waals surface area contributed by atoms with Crippen LogP contribution in [0.5, 0.6) is 11.5 Å². The van der Waals surface area contributed by atoms with Crippen molar-refractivity contribution in [3.63, 3.8) is 0 Å². The summed E-state index contributed by atoms with van der Waals surface area (Å²) in [5.74, 6) is -0.573. The molecular weight excluding hydrogens is 438 g/mol. The highest BCUT2D eigenvalue weighted by Crippen LogP contribution is 2.38. The summed E-state index contributed by atoms with van der Waals surface area (Å²) in [6, 6.07) is 6.85. The van der Waals surface area contributed by atoms with Crippen LogP contribution in [0.1, 0.15) is 25.7 Å². The molecule has 0 atom stereocenters. The first-order valence-corrected chi connectivity index (χ1v) is 10.9. The van der Waals surface area contributed by atoms with Crippen molar-refractivity contribution in [1.82, 2.24) is 4.31 Å². The van der Waals surface area contributed by atoms with Gasteiger partial charge in [-0.25, -0.2) is 8.42 Å². The summed E-state index contributed by atoms with van der Waals surface area (Å²) in [7, 11) is -3.91. The van der Waals surface area contributed by atoms with Gasteiger partial charge in [0.2, 0.25) is 21.5 Å². The minimum absolute atomic E-state index is 0.0995. The Hall–Kier alpha value is -2.76. The molecule has 0 spiro atoms. The van der Waals surface area contributed by atoms with Crippen LogP contribution in [0.2, 0.25) is 5.02 Å². The molecule has 1 fully saturated rings. The molecule has 0 aliphatic carbocycles. The van der Waals surface area contributed by atoms with E-state index in [1.54, 1.807) is 0 Å². The first kappa shape index (κ1) is 21.9. The summed E-state index contributed by atoms with van der Waals surface area (Å²) in [6.07, 6.45) is 3.31. The lowest BCUT2D eigenvalue weighted by atomic mass is 10.2. The lowest BCUT2D eigenvalue weighted by Crippen LogP contribution is -2.31. The number of nitrogens with zero attached hydrogens (tertiary/aromatic N) is 3. The van der Waals surface area contributed by atoms with E-state index >= 15 is 0 Å². The van der Waals surface area contributed by atoms with Gasteiger partial charge >= 0.3 is 11.4 Å². The van der Waals surface area contributed by atoms with Crippen molar-refractivity contribution in [3.05, 3.63) is 61.6 Å². The van der Waals surface area contributed by atoms with Gasteiger partial charge in [0.05, 0.1) is 14.7 Å². The standard InChI is InChI=1S/C18H18ClN3O7S/c19-13-5-7-17(15(11-13)21(23)24)29-18-8-6-14(12-16(18)22(25)26)30(27,28)20-9-3-1-2-4-10-20/h5-8,11-12H,1-4,9-10H2. The van der Waals surface area contributed by atoms with E-state index in [1.165, 1.54) is 22.5 Å². The monoisotopic (exact) mass is 455 g/mol. The van der Waals surface area contributed by atoms with E-state index in [1.807, 2.05) is 0 Å². The van der Waals surface area contributed by atoms with Crippen molar-refractivity contribution in [1.29, 1.82) is 0 Å². The third-order valence-electron chi connectivity index (χ3n) is 4.67. The van der Waals surface area contributed by atoms with Crippen LogP contribution < -0.4 is 4.74 Å². The molecule has 1 heterocycles. The second-order valence-electron chi connectivity index (χ2n) is 6.68. The number of sulfonamides is 1. The van der Waals surface area contributed by atoms with Gasteiger partial charge in [0, 0.05) is 30.2 Å². The molecule has 2 aromatic carbocycles. The fourth-order valence-corrected chi connectivity index (χ4v) is 4.86. The maximum absolute atomic E-state index is 12.9. The largest absolute Gasteiger partial charge is 0.443 e. The molecule has 1 aliphatic heterocycles. The van der Waals surface area contributed by atoms with Crippen LogP contribution in [0.25, 0.3) is 0 Å². The number of hydrogen-bond donors (Lipinski definition) is 0. The number of rotatable bonds is 6. The van der Waals surface area contributed by atoms with Crippen molar-refractivity contribution in [2.75, 3.05) is 13.1 Å². The van der Waals surface area contributed by atoms with Crippen LogP contribution >= 0.6 is 11.6 Å². The van der Waals surface area contributed by atoms with Crippen molar-refractivity contribution in [2.45, 2.75) is 30.6 Å². The van der Waals surface area contributed by atoms with Gasteiger partial charge in [0.1, 0.15) is 0 Å². The molecule has 0 radical (unpaired) electrons. The van der Waals surface area contributed by atoms with Crippen LogP contribution in [0, 0.1) is 20.2 Å². The number of nitro groups is 2. The maximum Gasteiger partial charge on any atom is 0.313 e. The second-order valence-corrected chi connectivity index (χ2v) is 9.05. The highest BCUT2D eigenvalue weighted by molar-refractivity contribution is 7.89. The minimum atomic E-state index is -3.91. The van der Waals surface area contributed by atoms with Gasteiger partial charge in [0.25, 0.3) is 0 Å². The summed E-state index contributed by atoms with van der Waals surface area (Å²) in [5, 5.41) is 22.9. The number of ether oxygens (including phenoxy) is 1. The van der Waals surface area contributed by atoms with Gasteiger partial charge in [-0.15, -0.1) is 0 Å². The number of hydrogen-bond acceptors (Lipinski definition) is 7. The molecule has 160 valence electrons. The Bertz CT molecular complexity index is 1080. The number of benzene rings is 2. The van der Waals surface area contributed by atoms with Crippen molar-refractivity contribution >= 4 is 33.0 Å². The van der Waals surface area contributed by atoms with Gasteiger partial charge < -0.3 is 4.74 Å². The topological polar surface area (TPSA) is 133 Å². The quantitative estimate of drug-likeness (QED) is 0.462. The molecular formula is C18H18ClN3O7S. The zero-order valence-corrected chi connectivity index (χ0v) is 17.3. The Kier molecular flexibility index (Phi) is 6.54.